The first-order chi connectivity index (χ1) is 10.2. The normalized spacial score (nSPS) is 11.3. The van der Waals surface area contributed by atoms with E-state index in [1.165, 1.54) is 7.11 Å². The molecule has 2 aromatic carbocycles. The van der Waals surface area contributed by atoms with Crippen molar-refractivity contribution in [3.05, 3.63) is 71.8 Å². The van der Waals surface area contributed by atoms with Crippen LogP contribution >= 0.6 is 0 Å². The van der Waals surface area contributed by atoms with E-state index < -0.39 is 5.60 Å². The van der Waals surface area contributed by atoms with Crippen molar-refractivity contribution in [1.29, 1.82) is 0 Å². The Morgan fingerprint density at radius 1 is 1.00 bits per heavy atom. The predicted octanol–water partition coefficient (Wildman–Crippen LogP) is 2.18. The molecule has 0 saturated carbocycles. The molecular weight excluding hydrogens is 280 g/mol. The first-order valence-electron chi connectivity index (χ1n) is 6.96. The minimum atomic E-state index is -0.580. The second-order valence-electron chi connectivity index (χ2n) is 4.84. The number of esters is 1. The molecule has 0 aliphatic rings. The highest BCUT2D eigenvalue weighted by atomic mass is 28.2. The molecule has 110 valence electrons. The number of carbonyl (C=O) groups excluding carboxylic acids is 1. The first-order valence-corrected chi connectivity index (χ1v) is 7.77. The van der Waals surface area contributed by atoms with E-state index in [1.807, 2.05) is 60.7 Å². The molecule has 0 atom stereocenters. The molecule has 0 amide bonds. The molecule has 0 aliphatic heterocycles. The SMILES string of the molecule is COC(=O)CCC(O[SiH3])(c1ccccc1)c1ccccc1. The Kier molecular flexibility index (Phi) is 5.30. The van der Waals surface area contributed by atoms with Crippen LogP contribution in [-0.4, -0.2) is 23.6 Å². The van der Waals surface area contributed by atoms with Gasteiger partial charge in [-0.1, -0.05) is 60.7 Å². The summed E-state index contributed by atoms with van der Waals surface area (Å²) in [6.45, 7) is 0. The molecule has 2 rings (SSSR count). The summed E-state index contributed by atoms with van der Waals surface area (Å²) in [6, 6.07) is 20.1. The number of hydrogen-bond donors (Lipinski definition) is 0. The van der Waals surface area contributed by atoms with Crippen molar-refractivity contribution >= 4 is 16.5 Å². The number of methoxy groups -OCH3 is 1. The molecule has 0 fully saturated rings. The Morgan fingerprint density at radius 3 is 1.86 bits per heavy atom. The molecule has 3 nitrogen and oxygen atoms in total. The highest BCUT2D eigenvalue weighted by Crippen LogP contribution is 2.37. The number of ether oxygens (including phenoxy) is 1. The van der Waals surface area contributed by atoms with E-state index in [-0.39, 0.29) is 5.97 Å². The fourth-order valence-electron chi connectivity index (χ4n) is 2.59. The van der Waals surface area contributed by atoms with Crippen LogP contribution in [0.4, 0.5) is 0 Å². The molecule has 0 aliphatic carbocycles. The molecule has 4 heteroatoms. The summed E-state index contributed by atoms with van der Waals surface area (Å²) < 4.78 is 10.8. The third-order valence-electron chi connectivity index (χ3n) is 3.74. The van der Waals surface area contributed by atoms with Crippen molar-refractivity contribution in [3.8, 4) is 0 Å². The van der Waals surface area contributed by atoms with Crippen LogP contribution < -0.4 is 0 Å². The van der Waals surface area contributed by atoms with Gasteiger partial charge in [-0.3, -0.25) is 4.79 Å². The van der Waals surface area contributed by atoms with Gasteiger partial charge < -0.3 is 9.16 Å². The van der Waals surface area contributed by atoms with E-state index in [0.29, 0.717) is 23.3 Å². The smallest absolute Gasteiger partial charge is 0.305 e. The zero-order valence-corrected chi connectivity index (χ0v) is 14.4. The van der Waals surface area contributed by atoms with Gasteiger partial charge in [-0.25, -0.2) is 0 Å². The molecule has 2 aromatic rings. The maximum absolute atomic E-state index is 11.6. The largest absolute Gasteiger partial charge is 0.469 e. The topological polar surface area (TPSA) is 35.5 Å². The maximum Gasteiger partial charge on any atom is 0.305 e. The van der Waals surface area contributed by atoms with E-state index in [1.54, 1.807) is 0 Å². The van der Waals surface area contributed by atoms with Gasteiger partial charge in [-0.15, -0.1) is 0 Å². The van der Waals surface area contributed by atoms with E-state index in [2.05, 4.69) is 0 Å². The van der Waals surface area contributed by atoms with Gasteiger partial charge in [0.1, 0.15) is 16.1 Å². The number of hydrogen-bond acceptors (Lipinski definition) is 3. The summed E-state index contributed by atoms with van der Waals surface area (Å²) in [5.41, 5.74) is 1.55. The summed E-state index contributed by atoms with van der Waals surface area (Å²) in [5.74, 6) is -0.218. The Hall–Kier alpha value is -1.91. The molecule has 0 bridgehead atoms. The van der Waals surface area contributed by atoms with Gasteiger partial charge in [-0.2, -0.15) is 0 Å². The van der Waals surface area contributed by atoms with Crippen LogP contribution in [0, 0.1) is 0 Å². The molecule has 0 N–H and O–H groups in total. The van der Waals surface area contributed by atoms with Crippen molar-refractivity contribution < 1.29 is 14.0 Å². The highest BCUT2D eigenvalue weighted by molar-refractivity contribution is 5.98. The number of carbonyl (C=O) groups is 1. The minimum absolute atomic E-state index is 0.218. The summed E-state index contributed by atoms with van der Waals surface area (Å²) in [7, 11) is 1.99. The zero-order valence-electron chi connectivity index (χ0n) is 12.4. The number of benzene rings is 2. The van der Waals surface area contributed by atoms with Gasteiger partial charge >= 0.3 is 5.97 Å². The highest BCUT2D eigenvalue weighted by Gasteiger charge is 2.34. The molecule has 0 aromatic heterocycles. The minimum Gasteiger partial charge on any atom is -0.469 e. The summed E-state index contributed by atoms with van der Waals surface area (Å²) in [5, 5.41) is 0. The van der Waals surface area contributed by atoms with Crippen molar-refractivity contribution in [2.75, 3.05) is 7.11 Å². The molecular formula is C17H20O3Si. The standard InChI is InChI=1S/C17H20O3Si/c1-19-16(18)12-13-17(20-21,14-8-4-2-5-9-14)15-10-6-3-7-11-15/h2-11H,12-13H2,1,21H3. The van der Waals surface area contributed by atoms with Gasteiger partial charge in [0.25, 0.3) is 0 Å². The molecule has 0 saturated heterocycles. The summed E-state index contributed by atoms with van der Waals surface area (Å²) in [4.78, 5) is 11.6. The van der Waals surface area contributed by atoms with Crippen molar-refractivity contribution in [3.63, 3.8) is 0 Å². The monoisotopic (exact) mass is 300 g/mol. The zero-order chi connectivity index (χ0) is 15.1. The number of rotatable bonds is 6. The first kappa shape index (κ1) is 15.5. The van der Waals surface area contributed by atoms with Crippen LogP contribution in [0.1, 0.15) is 24.0 Å². The average Bonchev–Trinajstić information content (AvgIpc) is 2.57. The van der Waals surface area contributed by atoms with Crippen molar-refractivity contribution in [1.82, 2.24) is 0 Å². The van der Waals surface area contributed by atoms with Gasteiger partial charge in [0.05, 0.1) is 7.11 Å². The lowest BCUT2D eigenvalue weighted by Crippen LogP contribution is -2.31. The van der Waals surface area contributed by atoms with Crippen LogP contribution in [0.25, 0.3) is 0 Å². The second-order valence-corrected chi connectivity index (χ2v) is 5.25. The van der Waals surface area contributed by atoms with E-state index in [0.717, 1.165) is 11.1 Å². The van der Waals surface area contributed by atoms with Gasteiger partial charge in [-0.05, 0) is 17.5 Å². The third-order valence-corrected chi connectivity index (χ3v) is 4.43. The Morgan fingerprint density at radius 2 is 1.48 bits per heavy atom. The molecule has 0 heterocycles. The van der Waals surface area contributed by atoms with Crippen LogP contribution in [0.5, 0.6) is 0 Å². The van der Waals surface area contributed by atoms with Gasteiger partial charge in [0.15, 0.2) is 0 Å². The Bertz CT molecular complexity index is 530. The fraction of sp³-hybridized carbons (Fsp3) is 0.235. The van der Waals surface area contributed by atoms with Crippen LogP contribution in [0.15, 0.2) is 60.7 Å². The summed E-state index contributed by atoms with van der Waals surface area (Å²) >= 11 is 0. The fourth-order valence-corrected chi connectivity index (χ4v) is 3.26. The van der Waals surface area contributed by atoms with Crippen LogP contribution in [0.2, 0.25) is 0 Å². The molecule has 21 heavy (non-hydrogen) atoms. The molecule has 0 spiro atoms. The Labute approximate surface area is 128 Å². The van der Waals surface area contributed by atoms with Crippen molar-refractivity contribution in [2.45, 2.75) is 18.4 Å². The lowest BCUT2D eigenvalue weighted by atomic mass is 9.82. The van der Waals surface area contributed by atoms with Gasteiger partial charge in [0.2, 0.25) is 0 Å². The van der Waals surface area contributed by atoms with E-state index in [9.17, 15) is 4.79 Å². The quantitative estimate of drug-likeness (QED) is 0.606. The second kappa shape index (κ2) is 7.20. The third kappa shape index (κ3) is 3.40. The van der Waals surface area contributed by atoms with Crippen molar-refractivity contribution in [2.24, 2.45) is 0 Å². The molecule has 0 unspecified atom stereocenters. The lowest BCUT2D eigenvalue weighted by Gasteiger charge is -2.34. The van der Waals surface area contributed by atoms with Crippen LogP contribution in [-0.2, 0) is 19.6 Å². The summed E-state index contributed by atoms with van der Waals surface area (Å²) in [6.07, 6.45) is 0.889. The molecule has 0 radical (unpaired) electrons. The van der Waals surface area contributed by atoms with E-state index in [4.69, 9.17) is 9.16 Å². The van der Waals surface area contributed by atoms with Gasteiger partial charge in [0, 0.05) is 6.42 Å². The van der Waals surface area contributed by atoms with E-state index >= 15 is 0 Å². The maximum atomic E-state index is 11.6. The predicted molar refractivity (Wildman–Crippen MR) is 85.9 cm³/mol. The average molecular weight is 300 g/mol. The Balaban J connectivity index is 2.44. The lowest BCUT2D eigenvalue weighted by molar-refractivity contribution is -0.141. The van der Waals surface area contributed by atoms with Crippen LogP contribution in [0.3, 0.4) is 0 Å².